The van der Waals surface area contributed by atoms with Crippen LogP contribution in [0.4, 0.5) is 0 Å². The van der Waals surface area contributed by atoms with Crippen molar-refractivity contribution < 1.29 is 28.0 Å². The highest BCUT2D eigenvalue weighted by Gasteiger charge is 2.17. The Morgan fingerprint density at radius 3 is 2.20 bits per heavy atom. The van der Waals surface area contributed by atoms with Crippen molar-refractivity contribution in [2.24, 2.45) is 0 Å². The van der Waals surface area contributed by atoms with Crippen molar-refractivity contribution in [2.75, 3.05) is 20.3 Å². The molecule has 1 unspecified atom stereocenters. The van der Waals surface area contributed by atoms with E-state index in [0.717, 1.165) is 32.8 Å². The number of hydrogen-bond acceptors (Lipinski definition) is 5. The number of phosphoric acid groups is 1. The van der Waals surface area contributed by atoms with E-state index in [9.17, 15) is 9.36 Å². The molecule has 148 valence electrons. The van der Waals surface area contributed by atoms with E-state index in [0.29, 0.717) is 6.42 Å². The summed E-state index contributed by atoms with van der Waals surface area (Å²) >= 11 is 0. The predicted octanol–water partition coefficient (Wildman–Crippen LogP) is 5.16. The van der Waals surface area contributed by atoms with Crippen LogP contribution in [-0.2, 0) is 23.1 Å². The Balaban J connectivity index is 3.34. The number of carbonyl (C=O) groups excluding carboxylic acids is 1. The van der Waals surface area contributed by atoms with Gasteiger partial charge >= 0.3 is 13.8 Å². The van der Waals surface area contributed by atoms with Crippen LogP contribution in [0.3, 0.4) is 0 Å². The van der Waals surface area contributed by atoms with Crippen LogP contribution in [0.15, 0.2) is 12.2 Å². The molecular weight excluding hydrogens is 343 g/mol. The largest absolute Gasteiger partial charge is 0.472 e. The minimum Gasteiger partial charge on any atom is -0.463 e. The zero-order valence-corrected chi connectivity index (χ0v) is 16.7. The highest BCUT2D eigenvalue weighted by Crippen LogP contribution is 2.41. The third-order valence-corrected chi connectivity index (χ3v) is 4.69. The average Bonchev–Trinajstić information content (AvgIpc) is 2.59. The molecule has 0 saturated carbocycles. The van der Waals surface area contributed by atoms with E-state index in [4.69, 9.17) is 9.63 Å². The molecule has 0 spiro atoms. The first-order chi connectivity index (χ1) is 12.0. The van der Waals surface area contributed by atoms with Crippen LogP contribution in [0.25, 0.3) is 0 Å². The van der Waals surface area contributed by atoms with Gasteiger partial charge in [-0.1, -0.05) is 51.2 Å². The number of rotatable bonds is 17. The van der Waals surface area contributed by atoms with E-state index in [1.807, 2.05) is 0 Å². The first-order valence-electron chi connectivity index (χ1n) is 9.35. The Kier molecular flexibility index (Phi) is 16.3. The molecule has 0 heterocycles. The van der Waals surface area contributed by atoms with Gasteiger partial charge in [0.1, 0.15) is 6.61 Å². The fourth-order valence-electron chi connectivity index (χ4n) is 2.24. The summed E-state index contributed by atoms with van der Waals surface area (Å²) in [5.41, 5.74) is 0. The lowest BCUT2D eigenvalue weighted by Gasteiger charge is -2.09. The SMILES string of the molecule is CCCCC/C=C/CCCCCCCC(=O)OCCOP(=O)(O)OC. The van der Waals surface area contributed by atoms with Crippen molar-refractivity contribution >= 4 is 13.8 Å². The molecule has 0 amide bonds. The summed E-state index contributed by atoms with van der Waals surface area (Å²) in [6, 6.07) is 0. The zero-order valence-electron chi connectivity index (χ0n) is 15.8. The van der Waals surface area contributed by atoms with E-state index in [-0.39, 0.29) is 19.2 Å². The lowest BCUT2D eigenvalue weighted by molar-refractivity contribution is -0.144. The first kappa shape index (κ1) is 24.3. The first-order valence-corrected chi connectivity index (χ1v) is 10.8. The number of phosphoric ester groups is 1. The molecule has 1 N–H and O–H groups in total. The molecule has 7 heteroatoms. The summed E-state index contributed by atoms with van der Waals surface area (Å²) in [7, 11) is -2.90. The lowest BCUT2D eigenvalue weighted by Crippen LogP contribution is -2.10. The molecule has 0 rings (SSSR count). The van der Waals surface area contributed by atoms with Crippen molar-refractivity contribution in [2.45, 2.75) is 77.6 Å². The van der Waals surface area contributed by atoms with Crippen molar-refractivity contribution in [3.63, 3.8) is 0 Å². The third-order valence-electron chi connectivity index (χ3n) is 3.72. The Morgan fingerprint density at radius 2 is 1.56 bits per heavy atom. The molecule has 0 aromatic heterocycles. The fourth-order valence-corrected chi connectivity index (χ4v) is 2.65. The van der Waals surface area contributed by atoms with Gasteiger partial charge in [-0.05, 0) is 32.1 Å². The van der Waals surface area contributed by atoms with Crippen molar-refractivity contribution in [1.29, 1.82) is 0 Å². The summed E-state index contributed by atoms with van der Waals surface area (Å²) in [6.07, 6.45) is 16.5. The van der Waals surface area contributed by atoms with Gasteiger partial charge in [0, 0.05) is 13.5 Å². The molecule has 0 radical (unpaired) electrons. The number of hydrogen-bond donors (Lipinski definition) is 1. The highest BCUT2D eigenvalue weighted by atomic mass is 31.2. The average molecular weight is 378 g/mol. The van der Waals surface area contributed by atoms with Gasteiger partial charge in [-0.15, -0.1) is 0 Å². The van der Waals surface area contributed by atoms with Gasteiger partial charge in [-0.25, -0.2) is 4.57 Å². The summed E-state index contributed by atoms with van der Waals surface area (Å²) in [5.74, 6) is -0.302. The van der Waals surface area contributed by atoms with Crippen LogP contribution in [0.5, 0.6) is 0 Å². The van der Waals surface area contributed by atoms with E-state index in [2.05, 4.69) is 28.1 Å². The fraction of sp³-hybridized carbons (Fsp3) is 0.833. The normalized spacial score (nSPS) is 13.9. The number of esters is 1. The van der Waals surface area contributed by atoms with Crippen LogP contribution in [0, 0.1) is 0 Å². The van der Waals surface area contributed by atoms with E-state index < -0.39 is 7.82 Å². The Labute approximate surface area is 152 Å². The van der Waals surface area contributed by atoms with Gasteiger partial charge < -0.3 is 9.63 Å². The van der Waals surface area contributed by atoms with Crippen LogP contribution in [0.1, 0.15) is 77.6 Å². The quantitative estimate of drug-likeness (QED) is 0.163. The molecule has 0 aromatic carbocycles. The van der Waals surface area contributed by atoms with E-state index in [1.54, 1.807) is 0 Å². The highest BCUT2D eigenvalue weighted by molar-refractivity contribution is 7.47. The maximum absolute atomic E-state index is 11.5. The number of allylic oxidation sites excluding steroid dienone is 2. The molecule has 25 heavy (non-hydrogen) atoms. The molecule has 0 aliphatic carbocycles. The Morgan fingerprint density at radius 1 is 0.960 bits per heavy atom. The summed E-state index contributed by atoms with van der Waals surface area (Å²) < 4.78 is 24.7. The number of unbranched alkanes of at least 4 members (excludes halogenated alkanes) is 8. The van der Waals surface area contributed by atoms with Gasteiger partial charge in [0.05, 0.1) is 6.61 Å². The molecular formula is C18H35O6P. The molecule has 1 atom stereocenters. The Hall–Kier alpha value is -0.680. The second kappa shape index (κ2) is 16.8. The second-order valence-electron chi connectivity index (χ2n) is 5.98. The smallest absolute Gasteiger partial charge is 0.463 e. The summed E-state index contributed by atoms with van der Waals surface area (Å²) in [6.45, 7) is 2.02. The maximum atomic E-state index is 11.5. The van der Waals surface area contributed by atoms with Crippen molar-refractivity contribution in [3.05, 3.63) is 12.2 Å². The third kappa shape index (κ3) is 17.9. The van der Waals surface area contributed by atoms with Gasteiger partial charge in [0.15, 0.2) is 0 Å². The van der Waals surface area contributed by atoms with Crippen LogP contribution in [-0.4, -0.2) is 31.2 Å². The summed E-state index contributed by atoms with van der Waals surface area (Å²) in [4.78, 5) is 20.5. The minimum atomic E-state index is -3.98. The standard InChI is InChI=1S/C18H35O6P/c1-3-4-5-6-7-8-9-10-11-12-13-14-15-18(19)23-16-17-24-25(20,21)22-2/h7-8H,3-6,9-17H2,1-2H3,(H,20,21)/b8-7+. The molecule has 0 aliphatic heterocycles. The van der Waals surface area contributed by atoms with Gasteiger partial charge in [0.2, 0.25) is 0 Å². The van der Waals surface area contributed by atoms with Gasteiger partial charge in [-0.3, -0.25) is 13.8 Å². The number of ether oxygens (including phenoxy) is 1. The summed E-state index contributed by atoms with van der Waals surface area (Å²) in [5, 5.41) is 0. The topological polar surface area (TPSA) is 82.1 Å². The predicted molar refractivity (Wildman–Crippen MR) is 99.3 cm³/mol. The zero-order chi connectivity index (χ0) is 18.8. The lowest BCUT2D eigenvalue weighted by atomic mass is 10.1. The second-order valence-corrected chi connectivity index (χ2v) is 7.54. The van der Waals surface area contributed by atoms with Crippen molar-refractivity contribution in [3.8, 4) is 0 Å². The molecule has 0 fully saturated rings. The van der Waals surface area contributed by atoms with Gasteiger partial charge in [0.25, 0.3) is 0 Å². The van der Waals surface area contributed by atoms with Gasteiger partial charge in [-0.2, -0.15) is 0 Å². The molecule has 0 aliphatic rings. The van der Waals surface area contributed by atoms with Crippen LogP contribution < -0.4 is 0 Å². The maximum Gasteiger partial charge on any atom is 0.472 e. The molecule has 6 nitrogen and oxygen atoms in total. The van der Waals surface area contributed by atoms with Crippen LogP contribution >= 0.6 is 7.82 Å². The molecule has 0 saturated heterocycles. The number of carbonyl (C=O) groups is 1. The van der Waals surface area contributed by atoms with Crippen molar-refractivity contribution in [1.82, 2.24) is 0 Å². The molecule has 0 aromatic rings. The van der Waals surface area contributed by atoms with E-state index in [1.165, 1.54) is 38.5 Å². The monoisotopic (exact) mass is 378 g/mol. The Bertz CT molecular complexity index is 397. The van der Waals surface area contributed by atoms with Crippen LogP contribution in [0.2, 0.25) is 0 Å². The molecule has 0 bridgehead atoms. The van der Waals surface area contributed by atoms with E-state index >= 15 is 0 Å². The minimum absolute atomic E-state index is 0.0443.